The minimum Gasteiger partial charge on any atom is -0.353 e. The second-order valence-corrected chi connectivity index (χ2v) is 12.9. The number of sulfonamides is 1. The average Bonchev–Trinajstić information content (AvgIpc) is 3.28. The second-order valence-electron chi connectivity index (χ2n) is 9.90. The molecule has 2 saturated heterocycles. The summed E-state index contributed by atoms with van der Waals surface area (Å²) in [6, 6.07) is 8.77. The molecule has 3 aliphatic rings. The van der Waals surface area contributed by atoms with Gasteiger partial charge in [-0.15, -0.1) is 11.3 Å². The predicted octanol–water partition coefficient (Wildman–Crippen LogP) is 4.07. The van der Waals surface area contributed by atoms with Crippen molar-refractivity contribution in [3.8, 4) is 0 Å². The van der Waals surface area contributed by atoms with E-state index in [2.05, 4.69) is 9.80 Å². The van der Waals surface area contributed by atoms with Crippen molar-refractivity contribution in [2.45, 2.75) is 56.4 Å². The molecule has 9 heteroatoms. The summed E-state index contributed by atoms with van der Waals surface area (Å²) in [6.07, 6.45) is 8.52. The van der Waals surface area contributed by atoms with E-state index in [-0.39, 0.29) is 0 Å². The second kappa shape index (κ2) is 9.76. The lowest BCUT2D eigenvalue weighted by Gasteiger charge is -2.35. The number of benzene rings is 1. The highest BCUT2D eigenvalue weighted by Gasteiger charge is 2.31. The van der Waals surface area contributed by atoms with Crippen LogP contribution >= 0.6 is 11.3 Å². The van der Waals surface area contributed by atoms with E-state index >= 15 is 0 Å². The summed E-state index contributed by atoms with van der Waals surface area (Å²) in [5, 5.41) is 1.23. The van der Waals surface area contributed by atoms with Crippen molar-refractivity contribution < 1.29 is 8.42 Å². The fraction of sp³-hybridized carbons (Fsp3) is 0.538. The maximum atomic E-state index is 13.1. The van der Waals surface area contributed by atoms with E-state index in [0.717, 1.165) is 48.9 Å². The van der Waals surface area contributed by atoms with E-state index in [0.29, 0.717) is 31.1 Å². The van der Waals surface area contributed by atoms with E-state index in [9.17, 15) is 8.42 Å². The van der Waals surface area contributed by atoms with E-state index in [1.54, 1.807) is 28.6 Å². The van der Waals surface area contributed by atoms with Gasteiger partial charge in [-0.05, 0) is 69.3 Å². The lowest BCUT2D eigenvalue weighted by atomic mass is 9.97. The third-order valence-corrected chi connectivity index (χ3v) is 10.7. The van der Waals surface area contributed by atoms with Crippen LogP contribution in [-0.4, -0.2) is 66.9 Å². The van der Waals surface area contributed by atoms with Crippen LogP contribution in [0.3, 0.4) is 0 Å². The summed E-state index contributed by atoms with van der Waals surface area (Å²) < 4.78 is 27.9. The van der Waals surface area contributed by atoms with Crippen molar-refractivity contribution in [1.29, 1.82) is 0 Å². The van der Waals surface area contributed by atoms with Crippen molar-refractivity contribution in [1.82, 2.24) is 19.2 Å². The molecule has 35 heavy (non-hydrogen) atoms. The highest BCUT2D eigenvalue weighted by Crippen LogP contribution is 2.40. The molecule has 186 valence electrons. The van der Waals surface area contributed by atoms with Crippen molar-refractivity contribution in [3.05, 3.63) is 46.6 Å². The van der Waals surface area contributed by atoms with Gasteiger partial charge in [0.2, 0.25) is 10.0 Å². The molecule has 0 bridgehead atoms. The highest BCUT2D eigenvalue weighted by molar-refractivity contribution is 7.89. The van der Waals surface area contributed by atoms with Crippen LogP contribution in [-0.2, 0) is 29.4 Å². The first-order valence-electron chi connectivity index (χ1n) is 12.9. The number of aromatic nitrogens is 2. The van der Waals surface area contributed by atoms with Crippen molar-refractivity contribution in [2.24, 2.45) is 0 Å². The van der Waals surface area contributed by atoms with Gasteiger partial charge in [0.15, 0.2) is 0 Å². The SMILES string of the molecule is O=S(=O)(c1ccccc1)N1CCN(c2nc(CN3CCCCC3)nc3sc4c(c23)CCCC4)CC1. The molecule has 3 aromatic rings. The first kappa shape index (κ1) is 23.3. The first-order valence-corrected chi connectivity index (χ1v) is 15.2. The third kappa shape index (κ3) is 4.59. The van der Waals surface area contributed by atoms with Crippen LogP contribution < -0.4 is 4.90 Å². The van der Waals surface area contributed by atoms with Crippen LogP contribution in [0, 0.1) is 0 Å². The largest absolute Gasteiger partial charge is 0.353 e. The van der Waals surface area contributed by atoms with E-state index in [1.165, 1.54) is 47.9 Å². The average molecular weight is 512 g/mol. The zero-order valence-corrected chi connectivity index (χ0v) is 21.8. The Balaban J connectivity index is 1.30. The minimum atomic E-state index is -3.47. The van der Waals surface area contributed by atoms with Crippen molar-refractivity contribution >= 4 is 37.4 Å². The van der Waals surface area contributed by atoms with Crippen LogP contribution in [0.4, 0.5) is 5.82 Å². The number of hydrogen-bond donors (Lipinski definition) is 0. The normalized spacial score (nSPS) is 20.3. The molecule has 0 spiro atoms. The molecule has 1 aromatic carbocycles. The number of thiophene rings is 1. The Labute approximate surface area is 211 Å². The fourth-order valence-corrected chi connectivity index (χ4v) is 8.40. The molecular weight excluding hydrogens is 478 g/mol. The Hall–Kier alpha value is -2.07. The molecule has 2 aliphatic heterocycles. The molecule has 0 unspecified atom stereocenters. The molecule has 2 aromatic heterocycles. The van der Waals surface area contributed by atoms with Gasteiger partial charge in [0.25, 0.3) is 0 Å². The molecule has 0 radical (unpaired) electrons. The van der Waals surface area contributed by atoms with E-state index < -0.39 is 10.0 Å². The van der Waals surface area contributed by atoms with Crippen molar-refractivity contribution in [3.63, 3.8) is 0 Å². The number of fused-ring (bicyclic) bond motifs is 3. The number of nitrogens with zero attached hydrogens (tertiary/aromatic N) is 5. The molecule has 1 aliphatic carbocycles. The van der Waals surface area contributed by atoms with Gasteiger partial charge in [-0.25, -0.2) is 18.4 Å². The van der Waals surface area contributed by atoms with Crippen molar-refractivity contribution in [2.75, 3.05) is 44.2 Å². The summed E-state index contributed by atoms with van der Waals surface area (Å²) in [7, 11) is -3.47. The lowest BCUT2D eigenvalue weighted by molar-refractivity contribution is 0.216. The minimum absolute atomic E-state index is 0.369. The zero-order chi connectivity index (χ0) is 23.8. The quantitative estimate of drug-likeness (QED) is 0.514. The van der Waals surface area contributed by atoms with Crippen LogP contribution in [0.25, 0.3) is 10.2 Å². The molecule has 4 heterocycles. The van der Waals surface area contributed by atoms with E-state index in [1.807, 2.05) is 17.4 Å². The lowest BCUT2D eigenvalue weighted by Crippen LogP contribution is -2.49. The monoisotopic (exact) mass is 511 g/mol. The van der Waals surface area contributed by atoms with Gasteiger partial charge in [-0.2, -0.15) is 4.31 Å². The Bertz CT molecular complexity index is 1290. The first-order chi connectivity index (χ1) is 17.1. The van der Waals surface area contributed by atoms with E-state index in [4.69, 9.17) is 9.97 Å². The maximum absolute atomic E-state index is 13.1. The van der Waals surface area contributed by atoms with Gasteiger partial charge in [0.05, 0.1) is 16.8 Å². The molecule has 0 atom stereocenters. The van der Waals surface area contributed by atoms with Crippen LogP contribution in [0.15, 0.2) is 35.2 Å². The highest BCUT2D eigenvalue weighted by atomic mass is 32.2. The molecule has 0 amide bonds. The number of likely N-dealkylation sites (tertiary alicyclic amines) is 1. The Morgan fingerprint density at radius 1 is 0.829 bits per heavy atom. The van der Waals surface area contributed by atoms with Crippen LogP contribution in [0.5, 0.6) is 0 Å². The fourth-order valence-electron chi connectivity index (χ4n) is 5.68. The molecule has 0 saturated carbocycles. The predicted molar refractivity (Wildman–Crippen MR) is 141 cm³/mol. The smallest absolute Gasteiger partial charge is 0.243 e. The Kier molecular flexibility index (Phi) is 6.51. The standard InChI is InChI=1S/C26H33N5O2S2/c32-35(33,20-9-3-1-4-10-20)31-17-15-30(16-18-31)25-24-21-11-5-6-12-22(21)34-26(24)28-23(27-25)19-29-13-7-2-8-14-29/h1,3-4,9-10H,2,5-8,11-19H2. The summed E-state index contributed by atoms with van der Waals surface area (Å²) in [5.41, 5.74) is 1.44. The maximum Gasteiger partial charge on any atom is 0.243 e. The van der Waals surface area contributed by atoms with Gasteiger partial charge in [-0.3, -0.25) is 4.90 Å². The van der Waals surface area contributed by atoms with Gasteiger partial charge in [0.1, 0.15) is 16.5 Å². The molecule has 6 rings (SSSR count). The van der Waals surface area contributed by atoms with Gasteiger partial charge in [-0.1, -0.05) is 24.6 Å². The third-order valence-electron chi connectivity index (χ3n) is 7.57. The number of rotatable bonds is 5. The van der Waals surface area contributed by atoms with Gasteiger partial charge >= 0.3 is 0 Å². The summed E-state index contributed by atoms with van der Waals surface area (Å²) >= 11 is 1.85. The number of hydrogen-bond acceptors (Lipinski definition) is 7. The topological polar surface area (TPSA) is 69.6 Å². The Morgan fingerprint density at radius 2 is 1.57 bits per heavy atom. The van der Waals surface area contributed by atoms with Gasteiger partial charge < -0.3 is 4.90 Å². The molecule has 0 N–H and O–H groups in total. The number of piperidine rings is 1. The van der Waals surface area contributed by atoms with Gasteiger partial charge in [0, 0.05) is 31.1 Å². The zero-order valence-electron chi connectivity index (χ0n) is 20.2. The molecule has 2 fully saturated rings. The summed E-state index contributed by atoms with van der Waals surface area (Å²) in [6.45, 7) is 5.26. The summed E-state index contributed by atoms with van der Waals surface area (Å²) in [5.74, 6) is 1.94. The molecular formula is C26H33N5O2S2. The number of piperazine rings is 1. The summed E-state index contributed by atoms with van der Waals surface area (Å²) in [4.78, 5) is 18.0. The van der Waals surface area contributed by atoms with Crippen LogP contribution in [0.1, 0.15) is 48.4 Å². The Morgan fingerprint density at radius 3 is 2.34 bits per heavy atom. The van der Waals surface area contributed by atoms with Crippen LogP contribution in [0.2, 0.25) is 0 Å². The molecule has 7 nitrogen and oxygen atoms in total. The number of anilines is 1. The number of aryl methyl sites for hydroxylation is 2.